The first-order valence-corrected chi connectivity index (χ1v) is 8.80. The number of carbonyl (C=O) groups excluding carboxylic acids is 3. The first-order valence-electron chi connectivity index (χ1n) is 8.39. The van der Waals surface area contributed by atoms with Crippen LogP contribution in [0.2, 0.25) is 0 Å². The van der Waals surface area contributed by atoms with Gasteiger partial charge >= 0.3 is 0 Å². The van der Waals surface area contributed by atoms with Gasteiger partial charge in [0.25, 0.3) is 11.8 Å². The Morgan fingerprint density at radius 2 is 1.75 bits per heavy atom. The highest BCUT2D eigenvalue weighted by atomic mass is 32.1. The van der Waals surface area contributed by atoms with Crippen molar-refractivity contribution in [3.05, 3.63) is 66.0 Å². The molecule has 28 heavy (non-hydrogen) atoms. The van der Waals surface area contributed by atoms with E-state index in [-0.39, 0.29) is 17.2 Å². The molecule has 1 atom stereocenters. The maximum absolute atomic E-state index is 13.7. The molecule has 0 aromatic heterocycles. The second kappa shape index (κ2) is 8.13. The van der Waals surface area contributed by atoms with E-state index < -0.39 is 29.6 Å². The van der Waals surface area contributed by atoms with Crippen molar-refractivity contribution in [2.24, 2.45) is 0 Å². The van der Waals surface area contributed by atoms with Gasteiger partial charge in [-0.15, -0.1) is 0 Å². The van der Waals surface area contributed by atoms with Crippen molar-refractivity contribution >= 4 is 40.7 Å². The van der Waals surface area contributed by atoms with Gasteiger partial charge in [0.15, 0.2) is 5.11 Å². The molecule has 0 saturated carbocycles. The molecule has 7 nitrogen and oxygen atoms in total. The standard InChI is InChI=1S/C19H17FN4O3S/c1-23-18(27)15(11-16(25)21-14-10-6-5-9-13(14)20)24(19(23)28)22-17(26)12-7-3-2-4-8-12/h2-10,15H,11H2,1H3,(H,21,25)(H,22,26). The summed E-state index contributed by atoms with van der Waals surface area (Å²) in [4.78, 5) is 38.5. The number of nitrogens with one attached hydrogen (secondary N) is 2. The summed E-state index contributed by atoms with van der Waals surface area (Å²) in [6.45, 7) is 0. The monoisotopic (exact) mass is 400 g/mol. The van der Waals surface area contributed by atoms with E-state index in [2.05, 4.69) is 10.7 Å². The van der Waals surface area contributed by atoms with Crippen molar-refractivity contribution in [2.45, 2.75) is 12.5 Å². The molecule has 1 heterocycles. The summed E-state index contributed by atoms with van der Waals surface area (Å²) in [7, 11) is 1.46. The molecule has 2 aromatic rings. The Morgan fingerprint density at radius 1 is 1.11 bits per heavy atom. The molecule has 1 aliphatic rings. The normalized spacial score (nSPS) is 16.3. The molecule has 1 fully saturated rings. The number of rotatable bonds is 5. The summed E-state index contributed by atoms with van der Waals surface area (Å²) in [5.41, 5.74) is 2.96. The Labute approximate surface area is 166 Å². The van der Waals surface area contributed by atoms with Crippen LogP contribution in [0, 0.1) is 5.82 Å². The highest BCUT2D eigenvalue weighted by molar-refractivity contribution is 7.80. The fraction of sp³-hybridized carbons (Fsp3) is 0.158. The number of hydrogen-bond acceptors (Lipinski definition) is 4. The van der Waals surface area contributed by atoms with Gasteiger partial charge < -0.3 is 5.32 Å². The summed E-state index contributed by atoms with van der Waals surface area (Å²) in [6.07, 6.45) is -0.313. The van der Waals surface area contributed by atoms with Crippen LogP contribution >= 0.6 is 12.2 Å². The Kier molecular flexibility index (Phi) is 5.65. The molecule has 0 aliphatic carbocycles. The Morgan fingerprint density at radius 3 is 2.43 bits per heavy atom. The van der Waals surface area contributed by atoms with Crippen LogP contribution in [0.1, 0.15) is 16.8 Å². The first-order chi connectivity index (χ1) is 13.4. The smallest absolute Gasteiger partial charge is 0.269 e. The molecule has 2 aromatic carbocycles. The van der Waals surface area contributed by atoms with Crippen molar-refractivity contribution in [3.8, 4) is 0 Å². The van der Waals surface area contributed by atoms with E-state index >= 15 is 0 Å². The van der Waals surface area contributed by atoms with Gasteiger partial charge in [-0.2, -0.15) is 0 Å². The molecule has 3 amide bonds. The van der Waals surface area contributed by atoms with Crippen molar-refractivity contribution in [1.29, 1.82) is 0 Å². The van der Waals surface area contributed by atoms with Crippen LogP contribution in [0.3, 0.4) is 0 Å². The van der Waals surface area contributed by atoms with Gasteiger partial charge in [0.2, 0.25) is 5.91 Å². The molecule has 9 heteroatoms. The van der Waals surface area contributed by atoms with Gasteiger partial charge in [-0.1, -0.05) is 30.3 Å². The minimum Gasteiger partial charge on any atom is -0.324 e. The van der Waals surface area contributed by atoms with Crippen molar-refractivity contribution < 1.29 is 18.8 Å². The highest BCUT2D eigenvalue weighted by Crippen LogP contribution is 2.19. The maximum Gasteiger partial charge on any atom is 0.269 e. The number of hydrogen-bond donors (Lipinski definition) is 2. The number of para-hydroxylation sites is 1. The summed E-state index contributed by atoms with van der Waals surface area (Å²) >= 11 is 5.21. The number of benzene rings is 2. The Balaban J connectivity index is 1.74. The van der Waals surface area contributed by atoms with E-state index in [0.717, 1.165) is 0 Å². The van der Waals surface area contributed by atoms with Crippen LogP contribution in [-0.4, -0.2) is 45.8 Å². The van der Waals surface area contributed by atoms with Crippen molar-refractivity contribution in [2.75, 3.05) is 12.4 Å². The highest BCUT2D eigenvalue weighted by Gasteiger charge is 2.42. The predicted molar refractivity (Wildman–Crippen MR) is 105 cm³/mol. The van der Waals surface area contributed by atoms with Gasteiger partial charge in [0.1, 0.15) is 11.9 Å². The zero-order chi connectivity index (χ0) is 20.3. The van der Waals surface area contributed by atoms with E-state index in [1.165, 1.54) is 35.2 Å². The van der Waals surface area contributed by atoms with E-state index in [4.69, 9.17) is 12.2 Å². The maximum atomic E-state index is 13.7. The van der Waals surface area contributed by atoms with Gasteiger partial charge in [-0.05, 0) is 36.5 Å². The quantitative estimate of drug-likeness (QED) is 0.750. The molecule has 1 unspecified atom stereocenters. The van der Waals surface area contributed by atoms with Gasteiger partial charge in [-0.25, -0.2) is 9.40 Å². The molecule has 144 valence electrons. The van der Waals surface area contributed by atoms with Gasteiger partial charge in [0.05, 0.1) is 12.1 Å². The number of hydrazine groups is 1. The SMILES string of the molecule is CN1C(=O)C(CC(=O)Nc2ccccc2F)N(NC(=O)c2ccccc2)C1=S. The van der Waals surface area contributed by atoms with Crippen LogP contribution in [0.25, 0.3) is 0 Å². The third-order valence-electron chi connectivity index (χ3n) is 4.20. The fourth-order valence-electron chi connectivity index (χ4n) is 2.73. The van der Waals surface area contributed by atoms with E-state index in [1.54, 1.807) is 36.4 Å². The number of anilines is 1. The number of halogens is 1. The first kappa shape index (κ1) is 19.4. The average molecular weight is 400 g/mol. The molecule has 0 bridgehead atoms. The lowest BCUT2D eigenvalue weighted by Crippen LogP contribution is -2.49. The van der Waals surface area contributed by atoms with Gasteiger partial charge in [-0.3, -0.25) is 24.7 Å². The second-order valence-corrected chi connectivity index (χ2v) is 6.47. The van der Waals surface area contributed by atoms with Gasteiger partial charge in [0, 0.05) is 12.6 Å². The topological polar surface area (TPSA) is 81.8 Å². The molecule has 1 saturated heterocycles. The molecule has 3 rings (SSSR count). The lowest BCUT2D eigenvalue weighted by Gasteiger charge is -2.24. The summed E-state index contributed by atoms with van der Waals surface area (Å²) in [5.74, 6) is -2.08. The van der Waals surface area contributed by atoms with Crippen molar-refractivity contribution in [1.82, 2.24) is 15.3 Å². The van der Waals surface area contributed by atoms with Crippen LogP contribution in [-0.2, 0) is 9.59 Å². The lowest BCUT2D eigenvalue weighted by molar-refractivity contribution is -0.130. The largest absolute Gasteiger partial charge is 0.324 e. The third-order valence-corrected chi connectivity index (χ3v) is 4.68. The fourth-order valence-corrected chi connectivity index (χ4v) is 2.99. The average Bonchev–Trinajstić information content (AvgIpc) is 2.88. The zero-order valence-corrected chi connectivity index (χ0v) is 15.7. The zero-order valence-electron chi connectivity index (χ0n) is 14.9. The summed E-state index contributed by atoms with van der Waals surface area (Å²) in [5, 5.41) is 3.68. The van der Waals surface area contributed by atoms with Crippen molar-refractivity contribution in [3.63, 3.8) is 0 Å². The summed E-state index contributed by atoms with van der Waals surface area (Å²) < 4.78 is 13.7. The Hall–Kier alpha value is -3.33. The van der Waals surface area contributed by atoms with E-state index in [9.17, 15) is 18.8 Å². The van der Waals surface area contributed by atoms with Crippen LogP contribution in [0.15, 0.2) is 54.6 Å². The van der Waals surface area contributed by atoms with E-state index in [1.807, 2.05) is 0 Å². The molecule has 0 radical (unpaired) electrons. The molecule has 1 aliphatic heterocycles. The lowest BCUT2D eigenvalue weighted by atomic mass is 10.2. The Bertz CT molecular complexity index is 938. The number of likely N-dealkylation sites (N-methyl/N-ethyl adjacent to an activating group) is 1. The van der Waals surface area contributed by atoms with Crippen LogP contribution in [0.4, 0.5) is 10.1 Å². The predicted octanol–water partition coefficient (Wildman–Crippen LogP) is 1.93. The third kappa shape index (κ3) is 3.99. The second-order valence-electron chi connectivity index (χ2n) is 6.10. The molecular weight excluding hydrogens is 383 g/mol. The van der Waals surface area contributed by atoms with Crippen LogP contribution < -0.4 is 10.7 Å². The molecule has 0 spiro atoms. The summed E-state index contributed by atoms with van der Waals surface area (Å²) in [6, 6.07) is 13.1. The molecule has 2 N–H and O–H groups in total. The minimum atomic E-state index is -1.03. The van der Waals surface area contributed by atoms with Crippen LogP contribution in [0.5, 0.6) is 0 Å². The molecular formula is C19H17FN4O3S. The van der Waals surface area contributed by atoms with E-state index in [0.29, 0.717) is 5.56 Å². The number of thiocarbonyl (C=S) groups is 1. The number of carbonyl (C=O) groups is 3. The number of nitrogens with zero attached hydrogens (tertiary/aromatic N) is 2. The number of amides is 3. The minimum absolute atomic E-state index is 0.00810.